The van der Waals surface area contributed by atoms with Crippen LogP contribution in [0.4, 0.5) is 11.9 Å². The summed E-state index contributed by atoms with van der Waals surface area (Å²) in [6, 6.07) is 0. The Bertz CT molecular complexity index is 897. The molecule has 4 heterocycles. The standard InChI is InChI=1S/C5H4ClN5.C5H5N5/c6-3-2-4(9-1-8-2)11-5(7)10-3;6-5-7-1-3-4(10-5)9-2-8-3/h1H,(H3,7,8,9,10,11);1-2H,(H3,6,7,8,9,10). The number of H-pyrrole nitrogens is 2. The van der Waals surface area contributed by atoms with Crippen LogP contribution in [0, 0.1) is 0 Å². The first kappa shape index (κ1) is 13.0. The molecular weight excluding hydrogens is 296 g/mol. The number of nitrogens with zero attached hydrogens (tertiary/aromatic N) is 6. The van der Waals surface area contributed by atoms with Gasteiger partial charge in [-0.2, -0.15) is 15.0 Å². The van der Waals surface area contributed by atoms with Gasteiger partial charge in [0.25, 0.3) is 0 Å². The zero-order valence-electron chi connectivity index (χ0n) is 10.4. The number of fused-ring (bicyclic) bond motifs is 2. The van der Waals surface area contributed by atoms with Crippen molar-refractivity contribution in [3.8, 4) is 0 Å². The first-order valence-corrected chi connectivity index (χ1v) is 6.05. The number of anilines is 2. The lowest BCUT2D eigenvalue weighted by atomic mass is 10.6. The van der Waals surface area contributed by atoms with E-state index < -0.39 is 0 Å². The van der Waals surface area contributed by atoms with E-state index in [1.54, 1.807) is 12.5 Å². The maximum absolute atomic E-state index is 5.70. The molecule has 0 saturated heterocycles. The molecule has 0 spiro atoms. The third-order valence-corrected chi connectivity index (χ3v) is 2.73. The van der Waals surface area contributed by atoms with Crippen molar-refractivity contribution in [3.05, 3.63) is 24.0 Å². The van der Waals surface area contributed by atoms with Gasteiger partial charge in [-0.3, -0.25) is 0 Å². The largest absolute Gasteiger partial charge is 0.368 e. The minimum Gasteiger partial charge on any atom is -0.368 e. The van der Waals surface area contributed by atoms with Crippen LogP contribution in [0.1, 0.15) is 0 Å². The van der Waals surface area contributed by atoms with E-state index >= 15 is 0 Å². The number of hydrogen-bond acceptors (Lipinski definition) is 8. The number of imidazole rings is 2. The van der Waals surface area contributed by atoms with E-state index in [1.165, 1.54) is 6.33 Å². The summed E-state index contributed by atoms with van der Waals surface area (Å²) in [6.07, 6.45) is 4.65. The van der Waals surface area contributed by atoms with E-state index in [-0.39, 0.29) is 11.9 Å². The van der Waals surface area contributed by atoms with Crippen molar-refractivity contribution < 1.29 is 0 Å². The minimum atomic E-state index is 0.134. The monoisotopic (exact) mass is 304 g/mol. The molecule has 0 radical (unpaired) electrons. The van der Waals surface area contributed by atoms with Gasteiger partial charge in [0.15, 0.2) is 16.4 Å². The number of aromatic amines is 2. The Kier molecular flexibility index (Phi) is 3.20. The Morgan fingerprint density at radius 2 is 1.57 bits per heavy atom. The molecule has 10 nitrogen and oxygen atoms in total. The molecule has 11 heteroatoms. The van der Waals surface area contributed by atoms with Crippen LogP contribution in [0.2, 0.25) is 5.15 Å². The fraction of sp³-hybridized carbons (Fsp3) is 0. The number of aromatic nitrogens is 8. The summed E-state index contributed by atoms with van der Waals surface area (Å²) in [6.45, 7) is 0. The third kappa shape index (κ3) is 2.65. The van der Waals surface area contributed by atoms with Gasteiger partial charge in [0.2, 0.25) is 11.9 Å². The predicted octanol–water partition coefficient (Wildman–Crippen LogP) is 0.524. The Morgan fingerprint density at radius 3 is 2.43 bits per heavy atom. The second-order valence-corrected chi connectivity index (χ2v) is 4.20. The molecule has 106 valence electrons. The van der Waals surface area contributed by atoms with Gasteiger partial charge in [-0.25, -0.2) is 15.0 Å². The quantitative estimate of drug-likeness (QED) is 0.342. The lowest BCUT2D eigenvalue weighted by Gasteiger charge is -1.92. The van der Waals surface area contributed by atoms with Crippen LogP contribution in [-0.4, -0.2) is 39.9 Å². The van der Waals surface area contributed by atoms with E-state index in [0.717, 1.165) is 5.52 Å². The SMILES string of the molecule is Nc1nc(Cl)c2[nH]cnc2n1.Nc1ncc2[nH]cnc2n1. The molecule has 0 aromatic carbocycles. The normalized spacial score (nSPS) is 10.5. The van der Waals surface area contributed by atoms with Gasteiger partial charge in [0.05, 0.1) is 18.9 Å². The van der Waals surface area contributed by atoms with Gasteiger partial charge in [-0.05, 0) is 0 Å². The van der Waals surface area contributed by atoms with E-state index in [4.69, 9.17) is 23.1 Å². The molecule has 0 aliphatic heterocycles. The Balaban J connectivity index is 0.000000126. The molecule has 0 aliphatic carbocycles. The van der Waals surface area contributed by atoms with Crippen molar-refractivity contribution >= 4 is 45.8 Å². The van der Waals surface area contributed by atoms with Gasteiger partial charge in [0.1, 0.15) is 11.0 Å². The highest BCUT2D eigenvalue weighted by molar-refractivity contribution is 6.33. The maximum Gasteiger partial charge on any atom is 0.223 e. The zero-order valence-corrected chi connectivity index (χ0v) is 11.2. The molecule has 4 aromatic heterocycles. The second kappa shape index (κ2) is 5.17. The van der Waals surface area contributed by atoms with Crippen LogP contribution in [0.5, 0.6) is 0 Å². The number of nitrogens with two attached hydrogens (primary N) is 2. The van der Waals surface area contributed by atoms with Gasteiger partial charge >= 0.3 is 0 Å². The minimum absolute atomic E-state index is 0.134. The topological polar surface area (TPSA) is 161 Å². The summed E-state index contributed by atoms with van der Waals surface area (Å²) in [5, 5.41) is 0.296. The van der Waals surface area contributed by atoms with Crippen LogP contribution in [-0.2, 0) is 0 Å². The van der Waals surface area contributed by atoms with E-state index in [9.17, 15) is 0 Å². The first-order chi connectivity index (χ1) is 10.1. The summed E-state index contributed by atoms with van der Waals surface area (Å²) in [5.41, 5.74) is 13.1. The number of halogens is 1. The molecule has 0 aliphatic rings. The molecule has 4 aromatic rings. The number of nitrogens with one attached hydrogen (secondary N) is 2. The molecule has 0 fully saturated rings. The zero-order chi connectivity index (χ0) is 14.8. The Morgan fingerprint density at radius 1 is 0.857 bits per heavy atom. The lowest BCUT2D eigenvalue weighted by molar-refractivity contribution is 1.22. The maximum atomic E-state index is 5.70. The van der Waals surface area contributed by atoms with Gasteiger partial charge in [-0.15, -0.1) is 0 Å². The van der Waals surface area contributed by atoms with E-state index in [2.05, 4.69) is 39.9 Å². The van der Waals surface area contributed by atoms with Crippen LogP contribution in [0.15, 0.2) is 18.9 Å². The Labute approximate surface area is 122 Å². The Hall–Kier alpha value is -3.01. The fourth-order valence-electron chi connectivity index (χ4n) is 1.56. The third-order valence-electron chi connectivity index (χ3n) is 2.45. The summed E-state index contributed by atoms with van der Waals surface area (Å²) in [4.78, 5) is 28.6. The average Bonchev–Trinajstić information content (AvgIpc) is 3.06. The fourth-order valence-corrected chi connectivity index (χ4v) is 1.79. The summed E-state index contributed by atoms with van der Waals surface area (Å²) in [5.74, 6) is 0.384. The number of rotatable bonds is 0. The van der Waals surface area contributed by atoms with Gasteiger partial charge < -0.3 is 21.4 Å². The summed E-state index contributed by atoms with van der Waals surface area (Å²) >= 11 is 5.70. The van der Waals surface area contributed by atoms with E-state index in [1.807, 2.05) is 0 Å². The molecule has 0 saturated carbocycles. The number of hydrogen-bond donors (Lipinski definition) is 4. The van der Waals surface area contributed by atoms with Gasteiger partial charge in [-0.1, -0.05) is 11.6 Å². The van der Waals surface area contributed by atoms with Crippen LogP contribution < -0.4 is 11.5 Å². The lowest BCUT2D eigenvalue weighted by Crippen LogP contribution is -1.94. The van der Waals surface area contributed by atoms with Gasteiger partial charge in [0, 0.05) is 0 Å². The first-order valence-electron chi connectivity index (χ1n) is 5.67. The van der Waals surface area contributed by atoms with Crippen molar-refractivity contribution in [2.75, 3.05) is 11.5 Å². The highest BCUT2D eigenvalue weighted by Gasteiger charge is 2.04. The predicted molar refractivity (Wildman–Crippen MR) is 77.2 cm³/mol. The van der Waals surface area contributed by atoms with Crippen molar-refractivity contribution in [3.63, 3.8) is 0 Å². The molecule has 21 heavy (non-hydrogen) atoms. The average molecular weight is 305 g/mol. The smallest absolute Gasteiger partial charge is 0.223 e. The summed E-state index contributed by atoms with van der Waals surface area (Å²) < 4.78 is 0. The molecule has 0 bridgehead atoms. The highest BCUT2D eigenvalue weighted by Crippen LogP contribution is 2.16. The highest BCUT2D eigenvalue weighted by atomic mass is 35.5. The van der Waals surface area contributed by atoms with Crippen molar-refractivity contribution in [1.82, 2.24) is 39.9 Å². The molecular formula is C10H9ClN10. The van der Waals surface area contributed by atoms with Crippen LogP contribution >= 0.6 is 11.6 Å². The van der Waals surface area contributed by atoms with Crippen LogP contribution in [0.25, 0.3) is 22.3 Å². The second-order valence-electron chi connectivity index (χ2n) is 3.84. The van der Waals surface area contributed by atoms with Crippen molar-refractivity contribution in [1.29, 1.82) is 0 Å². The molecule has 0 atom stereocenters. The molecule has 4 rings (SSSR count). The van der Waals surface area contributed by atoms with Crippen LogP contribution in [0.3, 0.4) is 0 Å². The molecule has 0 unspecified atom stereocenters. The van der Waals surface area contributed by atoms with E-state index in [0.29, 0.717) is 22.0 Å². The molecule has 6 N–H and O–H groups in total. The number of nitrogen functional groups attached to an aromatic ring is 2. The van der Waals surface area contributed by atoms with Crippen molar-refractivity contribution in [2.45, 2.75) is 0 Å². The molecule has 0 amide bonds. The summed E-state index contributed by atoms with van der Waals surface area (Å²) in [7, 11) is 0. The van der Waals surface area contributed by atoms with Crippen molar-refractivity contribution in [2.24, 2.45) is 0 Å².